The van der Waals surface area contributed by atoms with E-state index in [0.29, 0.717) is 0 Å². The fourth-order valence-corrected chi connectivity index (χ4v) is 6.89. The SMILES string of the molecule is [2H]C([2H])([2H])c1ccc(N(c2ccc(C([2H])([2H])[2H])cc2)c2ccc3c(ccc4c5cc(N(c6ccccc6)c6cccc7ccccc67)ccc5oc34)c2)cc1. The lowest BCUT2D eigenvalue weighted by Crippen LogP contribution is -2.10. The van der Waals surface area contributed by atoms with Gasteiger partial charge in [0, 0.05) is 58.2 Å². The second kappa shape index (κ2) is 11.7. The van der Waals surface area contributed by atoms with Crippen LogP contribution in [-0.4, -0.2) is 0 Å². The number of anilines is 6. The van der Waals surface area contributed by atoms with Crippen molar-refractivity contribution in [3.63, 3.8) is 0 Å². The van der Waals surface area contributed by atoms with Crippen LogP contribution in [-0.2, 0) is 0 Å². The van der Waals surface area contributed by atoms with Gasteiger partial charge in [0.1, 0.15) is 11.2 Å². The Labute approximate surface area is 294 Å². The van der Waals surface area contributed by atoms with Crippen LogP contribution in [0.15, 0.2) is 174 Å². The molecule has 234 valence electrons. The zero-order chi connectivity index (χ0) is 37.9. The first kappa shape index (κ1) is 23.1. The van der Waals surface area contributed by atoms with Crippen molar-refractivity contribution in [2.45, 2.75) is 13.7 Å². The summed E-state index contributed by atoms with van der Waals surface area (Å²) >= 11 is 0. The highest BCUT2D eigenvalue weighted by molar-refractivity contribution is 6.16. The van der Waals surface area contributed by atoms with Gasteiger partial charge in [-0.05, 0) is 109 Å². The van der Waals surface area contributed by atoms with Crippen LogP contribution in [0.2, 0.25) is 0 Å². The van der Waals surface area contributed by atoms with Crippen LogP contribution < -0.4 is 9.80 Å². The fraction of sp³-hybridized carbons (Fsp3) is 0.0435. The zero-order valence-electron chi connectivity index (χ0n) is 32.5. The van der Waals surface area contributed by atoms with Crippen molar-refractivity contribution >= 4 is 77.6 Å². The average Bonchev–Trinajstić information content (AvgIpc) is 3.57. The van der Waals surface area contributed by atoms with Gasteiger partial charge in [0.15, 0.2) is 0 Å². The number of hydrogen-bond donors (Lipinski definition) is 0. The third-order valence-corrected chi connectivity index (χ3v) is 9.21. The normalized spacial score (nSPS) is 13.8. The molecule has 3 nitrogen and oxygen atoms in total. The molecule has 0 amide bonds. The number of benzene rings is 8. The van der Waals surface area contributed by atoms with E-state index in [1.54, 1.807) is 48.5 Å². The van der Waals surface area contributed by atoms with Gasteiger partial charge in [0.2, 0.25) is 0 Å². The molecule has 0 aliphatic heterocycles. The third kappa shape index (κ3) is 5.08. The molecule has 0 aliphatic rings. The molecule has 9 aromatic rings. The van der Waals surface area contributed by atoms with Crippen LogP contribution in [0, 0.1) is 13.7 Å². The Kier molecular flexibility index (Phi) is 5.53. The number of furan rings is 1. The van der Waals surface area contributed by atoms with Gasteiger partial charge in [0.05, 0.1) is 5.69 Å². The first-order valence-corrected chi connectivity index (χ1v) is 16.3. The maximum Gasteiger partial charge on any atom is 0.143 e. The summed E-state index contributed by atoms with van der Waals surface area (Å²) in [6.07, 6.45) is 0. The van der Waals surface area contributed by atoms with Crippen LogP contribution in [0.4, 0.5) is 34.1 Å². The minimum Gasteiger partial charge on any atom is -0.455 e. The largest absolute Gasteiger partial charge is 0.455 e. The molecule has 1 heterocycles. The highest BCUT2D eigenvalue weighted by Crippen LogP contribution is 2.43. The molecule has 3 heteroatoms. The van der Waals surface area contributed by atoms with E-state index in [1.165, 1.54) is 5.39 Å². The van der Waals surface area contributed by atoms with Crippen molar-refractivity contribution in [1.29, 1.82) is 0 Å². The maximum absolute atomic E-state index is 7.85. The van der Waals surface area contributed by atoms with Crippen molar-refractivity contribution in [2.75, 3.05) is 9.80 Å². The van der Waals surface area contributed by atoms with Crippen molar-refractivity contribution < 1.29 is 12.6 Å². The van der Waals surface area contributed by atoms with E-state index in [1.807, 2.05) is 29.2 Å². The Morgan fingerprint density at radius 3 is 1.78 bits per heavy atom. The Balaban J connectivity index is 1.16. The van der Waals surface area contributed by atoms with E-state index in [-0.39, 0.29) is 11.1 Å². The lowest BCUT2D eigenvalue weighted by Gasteiger charge is -2.27. The van der Waals surface area contributed by atoms with Gasteiger partial charge in [-0.3, -0.25) is 0 Å². The molecule has 0 fully saturated rings. The monoisotopic (exact) mass is 636 g/mol. The van der Waals surface area contributed by atoms with Crippen molar-refractivity contribution in [3.8, 4) is 0 Å². The van der Waals surface area contributed by atoms with E-state index in [4.69, 9.17) is 12.6 Å². The third-order valence-electron chi connectivity index (χ3n) is 9.21. The Bertz CT molecular complexity index is 2780. The number of nitrogens with zero attached hydrogens (tertiary/aromatic N) is 2. The second-order valence-corrected chi connectivity index (χ2v) is 12.2. The first-order valence-electron chi connectivity index (χ1n) is 19.3. The predicted molar refractivity (Wildman–Crippen MR) is 208 cm³/mol. The zero-order valence-corrected chi connectivity index (χ0v) is 26.5. The molecule has 0 radical (unpaired) electrons. The van der Waals surface area contributed by atoms with E-state index in [9.17, 15) is 0 Å². The minimum atomic E-state index is -2.23. The summed E-state index contributed by atoms with van der Waals surface area (Å²) in [5, 5.41) is 6.23. The maximum atomic E-state index is 7.85. The smallest absolute Gasteiger partial charge is 0.143 e. The molecule has 0 unspecified atom stereocenters. The molecule has 0 spiro atoms. The van der Waals surface area contributed by atoms with Crippen LogP contribution in [0.3, 0.4) is 0 Å². The summed E-state index contributed by atoms with van der Waals surface area (Å²) < 4.78 is 53.7. The minimum absolute atomic E-state index is 0.243. The molecule has 0 bridgehead atoms. The van der Waals surface area contributed by atoms with Gasteiger partial charge < -0.3 is 14.2 Å². The van der Waals surface area contributed by atoms with Crippen molar-refractivity contribution in [3.05, 3.63) is 181 Å². The van der Waals surface area contributed by atoms with Gasteiger partial charge in [-0.1, -0.05) is 96.1 Å². The summed E-state index contributed by atoms with van der Waals surface area (Å²) in [5.41, 5.74) is 7.49. The van der Waals surface area contributed by atoms with Crippen LogP contribution in [0.1, 0.15) is 19.4 Å². The molecule has 1 aromatic heterocycles. The molecule has 0 N–H and O–H groups in total. The van der Waals surface area contributed by atoms with Gasteiger partial charge in [-0.2, -0.15) is 0 Å². The number of para-hydroxylation sites is 1. The summed E-state index contributed by atoms with van der Waals surface area (Å²) in [4.78, 5) is 4.28. The summed E-state index contributed by atoms with van der Waals surface area (Å²) in [6.45, 7) is -4.47. The Hall–Kier alpha value is -6.32. The van der Waals surface area contributed by atoms with Gasteiger partial charge in [-0.25, -0.2) is 0 Å². The summed E-state index contributed by atoms with van der Waals surface area (Å²) in [6, 6.07) is 55.4. The molecule has 0 atom stereocenters. The van der Waals surface area contributed by atoms with Crippen LogP contribution >= 0.6 is 0 Å². The summed E-state index contributed by atoms with van der Waals surface area (Å²) in [5.74, 6) is 0. The average molecular weight is 637 g/mol. The fourth-order valence-electron chi connectivity index (χ4n) is 6.89. The topological polar surface area (TPSA) is 19.6 Å². The molecule has 0 saturated heterocycles. The Morgan fingerprint density at radius 2 is 1.02 bits per heavy atom. The second-order valence-electron chi connectivity index (χ2n) is 12.2. The molecule has 9 rings (SSSR count). The van der Waals surface area contributed by atoms with Gasteiger partial charge >= 0.3 is 0 Å². The highest BCUT2D eigenvalue weighted by Gasteiger charge is 2.19. The molecule has 0 saturated carbocycles. The van der Waals surface area contributed by atoms with E-state index < -0.39 is 13.7 Å². The quantitative estimate of drug-likeness (QED) is 0.181. The highest BCUT2D eigenvalue weighted by atomic mass is 16.3. The number of hydrogen-bond acceptors (Lipinski definition) is 3. The number of rotatable bonds is 6. The standard InChI is InChI=1S/C46H34N2O/c1-31-15-20-36(21-16-31)47(37-22-17-32(2)18-23-37)38-24-27-41-34(29-38)19-26-42-43-30-39(25-28-45(43)49-46(41)42)48(35-11-4-3-5-12-35)44-14-8-10-33-9-6-7-13-40(33)44/h3-30H,1-2H3/i1D3,2D3. The van der Waals surface area contributed by atoms with E-state index in [0.717, 1.165) is 72.2 Å². The van der Waals surface area contributed by atoms with Crippen LogP contribution in [0.25, 0.3) is 43.5 Å². The lowest BCUT2D eigenvalue weighted by molar-refractivity contribution is 0.672. The van der Waals surface area contributed by atoms with Crippen molar-refractivity contribution in [1.82, 2.24) is 0 Å². The Morgan fingerprint density at radius 1 is 0.408 bits per heavy atom. The van der Waals surface area contributed by atoms with Gasteiger partial charge in [0.25, 0.3) is 0 Å². The first-order chi connectivity index (χ1) is 26.5. The lowest BCUT2D eigenvalue weighted by atomic mass is 10.0. The van der Waals surface area contributed by atoms with Crippen molar-refractivity contribution in [2.24, 2.45) is 0 Å². The summed E-state index contributed by atoms with van der Waals surface area (Å²) in [7, 11) is 0. The molecule has 49 heavy (non-hydrogen) atoms. The van der Waals surface area contributed by atoms with Crippen LogP contribution in [0.5, 0.6) is 0 Å². The molecule has 0 aliphatic carbocycles. The molecular formula is C46H34N2O. The predicted octanol–water partition coefficient (Wildman–Crippen LogP) is 13.4. The number of aryl methyl sites for hydroxylation is 2. The van der Waals surface area contributed by atoms with E-state index in [2.05, 4.69) is 102 Å². The van der Waals surface area contributed by atoms with Gasteiger partial charge in [-0.15, -0.1) is 0 Å². The molecule has 8 aromatic carbocycles. The van der Waals surface area contributed by atoms with E-state index >= 15 is 0 Å². The number of fused-ring (bicyclic) bond motifs is 6. The molecular weight excluding hydrogens is 597 g/mol.